The topological polar surface area (TPSA) is 104 Å². The quantitative estimate of drug-likeness (QED) is 0.615. The number of rotatable bonds is 6. The van der Waals surface area contributed by atoms with Crippen molar-refractivity contribution in [2.75, 3.05) is 13.1 Å². The fourth-order valence-corrected chi connectivity index (χ4v) is 1.64. The van der Waals surface area contributed by atoms with Crippen molar-refractivity contribution in [1.29, 1.82) is 0 Å². The lowest BCUT2D eigenvalue weighted by molar-refractivity contribution is -0.128. The molecule has 6 nitrogen and oxygen atoms in total. The molecule has 6 heteroatoms. The van der Waals surface area contributed by atoms with Gasteiger partial charge in [0.05, 0.1) is 0 Å². The number of phenolic OH excluding ortho intramolecular Hbond substituents is 1. The summed E-state index contributed by atoms with van der Waals surface area (Å²) in [5, 5.41) is 14.4. The fraction of sp³-hybridized carbons (Fsp3) is 0.467. The lowest BCUT2D eigenvalue weighted by atomic mass is 10.0. The van der Waals surface area contributed by atoms with Gasteiger partial charge in [-0.15, -0.1) is 0 Å². The van der Waals surface area contributed by atoms with Gasteiger partial charge in [-0.1, -0.05) is 26.0 Å². The number of nitrogens with one attached hydrogen (secondary N) is 2. The normalized spacial score (nSPS) is 10.9. The lowest BCUT2D eigenvalue weighted by Gasteiger charge is -2.17. The second kappa shape index (κ2) is 10.7. The van der Waals surface area contributed by atoms with Crippen LogP contribution in [0.5, 0.6) is 5.75 Å². The van der Waals surface area contributed by atoms with Crippen LogP contribution in [0.2, 0.25) is 0 Å². The van der Waals surface area contributed by atoms with Crippen molar-refractivity contribution < 1.29 is 14.7 Å². The van der Waals surface area contributed by atoms with E-state index >= 15 is 0 Å². The van der Waals surface area contributed by atoms with E-state index < -0.39 is 6.04 Å². The van der Waals surface area contributed by atoms with E-state index in [9.17, 15) is 14.7 Å². The number of hydrogen-bond donors (Lipinski definition) is 4. The zero-order chi connectivity index (χ0) is 16.3. The molecule has 118 valence electrons. The Morgan fingerprint density at radius 1 is 1.24 bits per heavy atom. The number of carbonyl (C=O) groups excluding carboxylic acids is 2. The average Bonchev–Trinajstić information content (AvgIpc) is 2.48. The molecule has 0 aliphatic heterocycles. The molecule has 0 aliphatic rings. The van der Waals surface area contributed by atoms with Gasteiger partial charge in [0.2, 0.25) is 11.8 Å². The zero-order valence-corrected chi connectivity index (χ0v) is 12.8. The first-order valence-corrected chi connectivity index (χ1v) is 7.05. The Hall–Kier alpha value is -2.08. The summed E-state index contributed by atoms with van der Waals surface area (Å²) in [6.45, 7) is 6.07. The molecule has 1 atom stereocenters. The molecule has 1 rings (SSSR count). The van der Waals surface area contributed by atoms with E-state index in [-0.39, 0.29) is 17.6 Å². The van der Waals surface area contributed by atoms with Gasteiger partial charge in [-0.2, -0.15) is 0 Å². The molecule has 0 heterocycles. The maximum Gasteiger partial charge on any atom is 0.242 e. The molecular formula is C15H25N3O3. The summed E-state index contributed by atoms with van der Waals surface area (Å²) in [6, 6.07) is 5.85. The molecule has 0 aromatic heterocycles. The minimum atomic E-state index is -0.645. The van der Waals surface area contributed by atoms with Crippen molar-refractivity contribution in [1.82, 2.24) is 10.6 Å². The van der Waals surface area contributed by atoms with Crippen LogP contribution in [0, 0.1) is 0 Å². The predicted molar refractivity (Wildman–Crippen MR) is 82.8 cm³/mol. The third-order valence-corrected chi connectivity index (χ3v) is 2.51. The van der Waals surface area contributed by atoms with E-state index in [4.69, 9.17) is 5.73 Å². The Kier molecular flexibility index (Phi) is 9.62. The van der Waals surface area contributed by atoms with Crippen LogP contribution in [-0.2, 0) is 16.0 Å². The van der Waals surface area contributed by atoms with Crippen LogP contribution in [0.3, 0.4) is 0 Å². The van der Waals surface area contributed by atoms with Crippen molar-refractivity contribution in [3.63, 3.8) is 0 Å². The summed E-state index contributed by atoms with van der Waals surface area (Å²) in [7, 11) is 0. The highest BCUT2D eigenvalue weighted by Gasteiger charge is 2.19. The molecule has 5 N–H and O–H groups in total. The van der Waals surface area contributed by atoms with Gasteiger partial charge in [0.1, 0.15) is 11.8 Å². The summed E-state index contributed by atoms with van der Waals surface area (Å²) in [5.41, 5.74) is 6.16. The highest BCUT2D eigenvalue weighted by molar-refractivity contribution is 5.87. The fourth-order valence-electron chi connectivity index (χ4n) is 1.64. The van der Waals surface area contributed by atoms with Crippen LogP contribution >= 0.6 is 0 Å². The van der Waals surface area contributed by atoms with Gasteiger partial charge in [0.25, 0.3) is 0 Å². The Morgan fingerprint density at radius 2 is 1.81 bits per heavy atom. The molecular weight excluding hydrogens is 270 g/mol. The molecule has 0 fully saturated rings. The van der Waals surface area contributed by atoms with Crippen molar-refractivity contribution in [3.8, 4) is 5.75 Å². The number of amides is 2. The molecule has 0 saturated heterocycles. The Bertz CT molecular complexity index is 432. The Labute approximate surface area is 125 Å². The zero-order valence-electron chi connectivity index (χ0n) is 12.8. The molecule has 0 spiro atoms. The van der Waals surface area contributed by atoms with Gasteiger partial charge in [-0.3, -0.25) is 9.59 Å². The van der Waals surface area contributed by atoms with Gasteiger partial charge < -0.3 is 21.5 Å². The van der Waals surface area contributed by atoms with Crippen LogP contribution in [0.4, 0.5) is 0 Å². The van der Waals surface area contributed by atoms with Gasteiger partial charge in [-0.25, -0.2) is 0 Å². The summed E-state index contributed by atoms with van der Waals surface area (Å²) in [5.74, 6) is -0.382. The lowest BCUT2D eigenvalue weighted by Crippen LogP contribution is -2.48. The maximum atomic E-state index is 11.9. The second-order valence-electron chi connectivity index (χ2n) is 4.20. The summed E-state index contributed by atoms with van der Waals surface area (Å²) < 4.78 is 0. The molecule has 0 bridgehead atoms. The van der Waals surface area contributed by atoms with Crippen LogP contribution in [0.25, 0.3) is 0 Å². The smallest absolute Gasteiger partial charge is 0.242 e. The molecule has 1 unspecified atom stereocenters. The molecule has 1 aromatic rings. The highest BCUT2D eigenvalue weighted by Crippen LogP contribution is 2.11. The van der Waals surface area contributed by atoms with Gasteiger partial charge in [-0.05, 0) is 17.7 Å². The molecule has 2 amide bonds. The summed E-state index contributed by atoms with van der Waals surface area (Å²) in [6.07, 6.45) is 0.357. The van der Waals surface area contributed by atoms with E-state index in [0.717, 1.165) is 5.56 Å². The third kappa shape index (κ3) is 7.94. The predicted octanol–water partition coefficient (Wildman–Crippen LogP) is 0.541. The highest BCUT2D eigenvalue weighted by atomic mass is 16.3. The molecule has 21 heavy (non-hydrogen) atoms. The third-order valence-electron chi connectivity index (χ3n) is 2.51. The minimum absolute atomic E-state index is 0.160. The number of benzene rings is 1. The SMILES string of the molecule is CC.CC(=O)NC(Cc1ccc(O)cc1)C(=O)NCCN. The van der Waals surface area contributed by atoms with Crippen LogP contribution in [-0.4, -0.2) is 36.1 Å². The molecule has 0 saturated carbocycles. The van der Waals surface area contributed by atoms with Crippen LogP contribution < -0.4 is 16.4 Å². The number of nitrogens with two attached hydrogens (primary N) is 1. The van der Waals surface area contributed by atoms with E-state index in [1.165, 1.54) is 19.1 Å². The van der Waals surface area contributed by atoms with Crippen molar-refractivity contribution in [2.24, 2.45) is 5.73 Å². The van der Waals surface area contributed by atoms with Gasteiger partial charge in [0, 0.05) is 26.4 Å². The summed E-state index contributed by atoms with van der Waals surface area (Å²) in [4.78, 5) is 23.0. The Balaban J connectivity index is 0.00000191. The molecule has 0 radical (unpaired) electrons. The van der Waals surface area contributed by atoms with E-state index in [1.807, 2.05) is 13.8 Å². The Morgan fingerprint density at radius 3 is 2.29 bits per heavy atom. The monoisotopic (exact) mass is 295 g/mol. The standard InChI is InChI=1S/C13H19N3O3.C2H6/c1-9(17)16-12(13(19)15-7-6-14)8-10-2-4-11(18)5-3-10;1-2/h2-5,12,18H,6-8,14H2,1H3,(H,15,19)(H,16,17);1-2H3. The van der Waals surface area contributed by atoms with Crippen molar-refractivity contribution in [3.05, 3.63) is 29.8 Å². The first-order valence-electron chi connectivity index (χ1n) is 7.05. The van der Waals surface area contributed by atoms with Crippen molar-refractivity contribution in [2.45, 2.75) is 33.2 Å². The first-order chi connectivity index (χ1) is 10.0. The largest absolute Gasteiger partial charge is 0.508 e. The summed E-state index contributed by atoms with van der Waals surface area (Å²) >= 11 is 0. The van der Waals surface area contributed by atoms with Crippen molar-refractivity contribution >= 4 is 11.8 Å². The number of aromatic hydroxyl groups is 1. The van der Waals surface area contributed by atoms with E-state index in [1.54, 1.807) is 12.1 Å². The van der Waals surface area contributed by atoms with Crippen LogP contribution in [0.1, 0.15) is 26.3 Å². The van der Waals surface area contributed by atoms with E-state index in [0.29, 0.717) is 19.5 Å². The second-order valence-corrected chi connectivity index (χ2v) is 4.20. The molecule has 0 aliphatic carbocycles. The average molecular weight is 295 g/mol. The van der Waals surface area contributed by atoms with E-state index in [2.05, 4.69) is 10.6 Å². The minimum Gasteiger partial charge on any atom is -0.508 e. The number of phenols is 1. The molecule has 1 aromatic carbocycles. The maximum absolute atomic E-state index is 11.9. The van der Waals surface area contributed by atoms with Crippen LogP contribution in [0.15, 0.2) is 24.3 Å². The first kappa shape index (κ1) is 18.9. The number of hydrogen-bond acceptors (Lipinski definition) is 4. The number of carbonyl (C=O) groups is 2. The van der Waals surface area contributed by atoms with Gasteiger partial charge >= 0.3 is 0 Å². The van der Waals surface area contributed by atoms with Gasteiger partial charge in [0.15, 0.2) is 0 Å².